The monoisotopic (exact) mass is 446 g/mol. The third-order valence-corrected chi connectivity index (χ3v) is 4.99. The van der Waals surface area contributed by atoms with Crippen molar-refractivity contribution < 1.29 is 31.6 Å². The molecule has 0 saturated heterocycles. The summed E-state index contributed by atoms with van der Waals surface area (Å²) in [6.45, 7) is 0.162. The number of furan rings is 1. The van der Waals surface area contributed by atoms with Crippen LogP contribution < -0.4 is 0 Å². The highest BCUT2D eigenvalue weighted by atomic mass is 19.4. The summed E-state index contributed by atoms with van der Waals surface area (Å²) in [7, 11) is 0. The molecule has 0 saturated carbocycles. The minimum Gasteiger partial charge on any atom is -0.459 e. The van der Waals surface area contributed by atoms with E-state index in [1.165, 1.54) is 41.5 Å². The molecule has 0 fully saturated rings. The molecule has 3 aromatic rings. The number of hydrogen-bond donors (Lipinski definition) is 0. The predicted molar refractivity (Wildman–Crippen MR) is 107 cm³/mol. The summed E-state index contributed by atoms with van der Waals surface area (Å²) in [5.41, 5.74) is 0.883. The predicted octanol–water partition coefficient (Wildman–Crippen LogP) is 5.27. The number of carbonyl (C=O) groups is 1. The van der Waals surface area contributed by atoms with Crippen molar-refractivity contribution in [2.45, 2.75) is 25.2 Å². The maximum absolute atomic E-state index is 13.5. The summed E-state index contributed by atoms with van der Waals surface area (Å²) < 4.78 is 57.2. The van der Waals surface area contributed by atoms with Crippen molar-refractivity contribution in [3.8, 4) is 0 Å². The van der Waals surface area contributed by atoms with Gasteiger partial charge in [0.1, 0.15) is 5.82 Å². The lowest BCUT2D eigenvalue weighted by Crippen LogP contribution is -2.37. The molecule has 1 atom stereocenters. The fourth-order valence-electron chi connectivity index (χ4n) is 3.41. The number of rotatable bonds is 6. The van der Waals surface area contributed by atoms with Crippen molar-refractivity contribution in [1.29, 1.82) is 0 Å². The largest absolute Gasteiger partial charge is 0.459 e. The third-order valence-electron chi connectivity index (χ3n) is 4.99. The number of alkyl halides is 3. The Morgan fingerprint density at radius 2 is 1.88 bits per heavy atom. The fraction of sp³-hybridized carbons (Fsp3) is 0.217. The van der Waals surface area contributed by atoms with Gasteiger partial charge in [-0.1, -0.05) is 29.4 Å². The quantitative estimate of drug-likeness (QED) is 0.485. The molecule has 0 unspecified atom stereocenters. The van der Waals surface area contributed by atoms with Gasteiger partial charge in [0.15, 0.2) is 11.9 Å². The number of hydrogen-bond acceptors (Lipinski definition) is 4. The molecule has 1 aromatic heterocycles. The Kier molecular flexibility index (Phi) is 5.98. The van der Waals surface area contributed by atoms with Crippen LogP contribution in [0, 0.1) is 5.82 Å². The van der Waals surface area contributed by atoms with Crippen LogP contribution >= 0.6 is 0 Å². The normalized spacial score (nSPS) is 15.9. The Hall–Kier alpha value is -3.62. The molecule has 166 valence electrons. The third kappa shape index (κ3) is 4.99. The van der Waals surface area contributed by atoms with Gasteiger partial charge in [-0.05, 0) is 42.0 Å². The molecule has 0 aliphatic carbocycles. The highest BCUT2D eigenvalue weighted by molar-refractivity contribution is 6.01. The number of benzene rings is 2. The average Bonchev–Trinajstić information content (AvgIpc) is 3.45. The van der Waals surface area contributed by atoms with E-state index >= 15 is 0 Å². The van der Waals surface area contributed by atoms with Gasteiger partial charge < -0.3 is 14.2 Å². The zero-order chi connectivity index (χ0) is 22.7. The zero-order valence-corrected chi connectivity index (χ0v) is 16.7. The van der Waals surface area contributed by atoms with Crippen LogP contribution in [0.1, 0.15) is 33.7 Å². The minimum absolute atomic E-state index is 0.0484. The molecule has 9 heteroatoms. The van der Waals surface area contributed by atoms with Gasteiger partial charge in [0.2, 0.25) is 0 Å². The van der Waals surface area contributed by atoms with E-state index in [9.17, 15) is 22.4 Å². The van der Waals surface area contributed by atoms with Crippen molar-refractivity contribution in [3.05, 3.63) is 95.2 Å². The maximum Gasteiger partial charge on any atom is 0.416 e. The van der Waals surface area contributed by atoms with E-state index in [-0.39, 0.29) is 18.8 Å². The second-order valence-corrected chi connectivity index (χ2v) is 7.34. The van der Waals surface area contributed by atoms with Crippen molar-refractivity contribution in [2.24, 2.45) is 5.16 Å². The van der Waals surface area contributed by atoms with Gasteiger partial charge in [0.25, 0.3) is 5.91 Å². The fourth-order valence-corrected chi connectivity index (χ4v) is 3.41. The van der Waals surface area contributed by atoms with Crippen molar-refractivity contribution >= 4 is 11.6 Å². The number of nitrogens with zero attached hydrogens (tertiary/aromatic N) is 2. The molecule has 0 spiro atoms. The highest BCUT2D eigenvalue weighted by Crippen LogP contribution is 2.29. The molecular weight excluding hydrogens is 428 g/mol. The van der Waals surface area contributed by atoms with E-state index in [1.807, 2.05) is 0 Å². The lowest BCUT2D eigenvalue weighted by atomic mass is 10.0. The standard InChI is InChI=1S/C23H18F4N2O3/c24-18-4-1-3-16(11-18)20-12-19(32-28-20)14-29(22(30)21-5-2-10-31-21)13-15-6-8-17(9-7-15)23(25,26)27/h1-11,19H,12-14H2/t19-/m0/s1. The molecule has 5 nitrogen and oxygen atoms in total. The molecule has 1 amide bonds. The first-order chi connectivity index (χ1) is 15.3. The Morgan fingerprint density at radius 1 is 1.09 bits per heavy atom. The molecule has 1 aliphatic heterocycles. The van der Waals surface area contributed by atoms with Gasteiger partial charge in [-0.3, -0.25) is 4.79 Å². The second kappa shape index (κ2) is 8.86. The number of amides is 1. The van der Waals surface area contributed by atoms with Crippen molar-refractivity contribution in [1.82, 2.24) is 4.90 Å². The summed E-state index contributed by atoms with van der Waals surface area (Å²) in [4.78, 5) is 19.8. The maximum atomic E-state index is 13.5. The van der Waals surface area contributed by atoms with Crippen LogP contribution in [-0.2, 0) is 17.6 Å². The van der Waals surface area contributed by atoms with Crippen LogP contribution in [0.4, 0.5) is 17.6 Å². The SMILES string of the molecule is O=C(c1ccco1)N(Cc1ccc(C(F)(F)F)cc1)C[C@@H]1CC(c2cccc(F)c2)=NO1. The Bertz CT molecular complexity index is 1110. The molecule has 2 heterocycles. The van der Waals surface area contributed by atoms with E-state index in [0.717, 1.165) is 12.1 Å². The Labute approximate surface area is 180 Å². The van der Waals surface area contributed by atoms with E-state index in [0.29, 0.717) is 23.3 Å². The average molecular weight is 446 g/mol. The van der Waals surface area contributed by atoms with Gasteiger partial charge in [0, 0.05) is 18.5 Å². The van der Waals surface area contributed by atoms with Crippen molar-refractivity contribution in [2.75, 3.05) is 6.54 Å². The van der Waals surface area contributed by atoms with Crippen LogP contribution in [0.2, 0.25) is 0 Å². The van der Waals surface area contributed by atoms with Gasteiger partial charge in [-0.2, -0.15) is 13.2 Å². The topological polar surface area (TPSA) is 55.0 Å². The lowest BCUT2D eigenvalue weighted by Gasteiger charge is -2.24. The van der Waals surface area contributed by atoms with Crippen LogP contribution in [0.25, 0.3) is 0 Å². The first-order valence-electron chi connectivity index (χ1n) is 9.77. The van der Waals surface area contributed by atoms with Gasteiger partial charge >= 0.3 is 6.18 Å². The first kappa shape index (κ1) is 21.6. The van der Waals surface area contributed by atoms with E-state index in [1.54, 1.807) is 18.2 Å². The van der Waals surface area contributed by atoms with Crippen LogP contribution in [0.5, 0.6) is 0 Å². The van der Waals surface area contributed by atoms with Crippen LogP contribution in [-0.4, -0.2) is 29.2 Å². The molecule has 0 N–H and O–H groups in total. The number of halogens is 4. The van der Waals surface area contributed by atoms with Crippen LogP contribution in [0.3, 0.4) is 0 Å². The minimum atomic E-state index is -4.44. The molecule has 2 aromatic carbocycles. The first-order valence-corrected chi connectivity index (χ1v) is 9.77. The van der Waals surface area contributed by atoms with Gasteiger partial charge in [-0.15, -0.1) is 0 Å². The second-order valence-electron chi connectivity index (χ2n) is 7.34. The van der Waals surface area contributed by atoms with E-state index < -0.39 is 29.6 Å². The molecule has 32 heavy (non-hydrogen) atoms. The number of carbonyl (C=O) groups excluding carboxylic acids is 1. The highest BCUT2D eigenvalue weighted by Gasteiger charge is 2.31. The molecule has 0 radical (unpaired) electrons. The van der Waals surface area contributed by atoms with Crippen molar-refractivity contribution in [3.63, 3.8) is 0 Å². The smallest absolute Gasteiger partial charge is 0.416 e. The number of oxime groups is 1. The molecular formula is C23H18F4N2O3. The zero-order valence-electron chi connectivity index (χ0n) is 16.7. The Morgan fingerprint density at radius 3 is 2.53 bits per heavy atom. The summed E-state index contributed by atoms with van der Waals surface area (Å²) in [5, 5.41) is 4.01. The molecule has 1 aliphatic rings. The van der Waals surface area contributed by atoms with E-state index in [2.05, 4.69) is 5.16 Å². The Balaban J connectivity index is 1.49. The van der Waals surface area contributed by atoms with E-state index in [4.69, 9.17) is 9.25 Å². The summed E-state index contributed by atoms with van der Waals surface area (Å²) in [6.07, 6.45) is -3.23. The molecule has 4 rings (SSSR count). The summed E-state index contributed by atoms with van der Waals surface area (Å²) in [6, 6.07) is 13.6. The van der Waals surface area contributed by atoms with Crippen LogP contribution in [0.15, 0.2) is 76.5 Å². The van der Waals surface area contributed by atoms with Gasteiger partial charge in [0.05, 0.1) is 24.1 Å². The summed E-state index contributed by atoms with van der Waals surface area (Å²) >= 11 is 0. The van der Waals surface area contributed by atoms with Gasteiger partial charge in [-0.25, -0.2) is 4.39 Å². The summed E-state index contributed by atoms with van der Waals surface area (Å²) in [5.74, 6) is -0.732. The lowest BCUT2D eigenvalue weighted by molar-refractivity contribution is -0.137. The molecule has 0 bridgehead atoms.